The van der Waals surface area contributed by atoms with Gasteiger partial charge in [-0.15, -0.1) is 6.42 Å². The molecule has 0 aromatic heterocycles. The second kappa shape index (κ2) is 12.4. The van der Waals surface area contributed by atoms with Gasteiger partial charge in [0.25, 0.3) is 0 Å². The van der Waals surface area contributed by atoms with Gasteiger partial charge in [0.1, 0.15) is 6.61 Å². The molecule has 32 heavy (non-hydrogen) atoms. The van der Waals surface area contributed by atoms with E-state index in [2.05, 4.69) is 21.8 Å². The number of carbonyl (C=O) groups is 2. The highest BCUT2D eigenvalue weighted by Crippen LogP contribution is 2.36. The maximum absolute atomic E-state index is 12.1. The minimum Gasteiger partial charge on any atom is -0.490 e. The Labute approximate surface area is 193 Å². The summed E-state index contributed by atoms with van der Waals surface area (Å²) in [5.74, 6) is 2.52. The number of terminal acetylenes is 1. The Morgan fingerprint density at radius 2 is 1.91 bits per heavy atom. The van der Waals surface area contributed by atoms with Crippen molar-refractivity contribution in [3.8, 4) is 23.8 Å². The van der Waals surface area contributed by atoms with Crippen LogP contribution in [0.4, 0.5) is 5.69 Å². The maximum Gasteiger partial charge on any atom is 0.240 e. The standard InChI is InChI=1S/C24H26ClN3O4/c1-5-11-32-24-19(25)13-18(14-21(24)31-6-2)15-26-28-23(30)10-9-22(29)27-20-12-16(3)7-8-17(20)4/h1,7-8,12-15H,6,9-11H2,2-4H3,(H,27,29)(H,28,30). The summed E-state index contributed by atoms with van der Waals surface area (Å²) in [5, 5.41) is 7.05. The molecule has 168 valence electrons. The topological polar surface area (TPSA) is 89.0 Å². The van der Waals surface area contributed by atoms with Gasteiger partial charge in [0.2, 0.25) is 11.8 Å². The Morgan fingerprint density at radius 3 is 2.62 bits per heavy atom. The van der Waals surface area contributed by atoms with Crippen LogP contribution < -0.4 is 20.2 Å². The molecule has 7 nitrogen and oxygen atoms in total. The van der Waals surface area contributed by atoms with E-state index in [9.17, 15) is 9.59 Å². The molecule has 0 aliphatic rings. The van der Waals surface area contributed by atoms with E-state index in [4.69, 9.17) is 27.5 Å². The molecule has 0 aliphatic carbocycles. The van der Waals surface area contributed by atoms with Gasteiger partial charge in [-0.05, 0) is 55.7 Å². The third-order valence-corrected chi connectivity index (χ3v) is 4.56. The largest absolute Gasteiger partial charge is 0.490 e. The number of ether oxygens (including phenoxy) is 2. The average Bonchev–Trinajstić information content (AvgIpc) is 2.74. The van der Waals surface area contributed by atoms with Crippen LogP contribution in [0.25, 0.3) is 0 Å². The summed E-state index contributed by atoms with van der Waals surface area (Å²) in [6.45, 7) is 6.15. The molecule has 2 aromatic carbocycles. The number of aryl methyl sites for hydroxylation is 2. The molecular formula is C24H26ClN3O4. The number of hydrazone groups is 1. The lowest BCUT2D eigenvalue weighted by Gasteiger charge is -2.12. The number of benzene rings is 2. The van der Waals surface area contributed by atoms with E-state index >= 15 is 0 Å². The number of anilines is 1. The molecule has 2 N–H and O–H groups in total. The van der Waals surface area contributed by atoms with Crippen molar-refractivity contribution in [3.63, 3.8) is 0 Å². The fraction of sp³-hybridized carbons (Fsp3) is 0.292. The van der Waals surface area contributed by atoms with Gasteiger partial charge in [0.15, 0.2) is 11.5 Å². The van der Waals surface area contributed by atoms with Crippen molar-refractivity contribution in [1.29, 1.82) is 0 Å². The number of hydrogen-bond donors (Lipinski definition) is 2. The lowest BCUT2D eigenvalue weighted by molar-refractivity contribution is -0.124. The molecule has 0 bridgehead atoms. The molecule has 2 aromatic rings. The van der Waals surface area contributed by atoms with E-state index in [1.165, 1.54) is 6.21 Å². The lowest BCUT2D eigenvalue weighted by Crippen LogP contribution is -2.21. The minimum atomic E-state index is -0.387. The van der Waals surface area contributed by atoms with Crippen LogP contribution in [-0.2, 0) is 9.59 Å². The van der Waals surface area contributed by atoms with Crippen molar-refractivity contribution in [2.24, 2.45) is 5.10 Å². The molecule has 8 heteroatoms. The number of rotatable bonds is 10. The third-order valence-electron chi connectivity index (χ3n) is 4.28. The first-order valence-electron chi connectivity index (χ1n) is 10.1. The maximum atomic E-state index is 12.1. The highest BCUT2D eigenvalue weighted by molar-refractivity contribution is 6.32. The summed E-state index contributed by atoms with van der Waals surface area (Å²) >= 11 is 6.25. The SMILES string of the molecule is C#CCOc1c(Cl)cc(C=NNC(=O)CCC(=O)Nc2cc(C)ccc2C)cc1OCC. The fourth-order valence-corrected chi connectivity index (χ4v) is 3.00. The van der Waals surface area contributed by atoms with Gasteiger partial charge in [-0.25, -0.2) is 5.43 Å². The van der Waals surface area contributed by atoms with E-state index in [1.807, 2.05) is 39.0 Å². The first kappa shape index (κ1) is 24.8. The van der Waals surface area contributed by atoms with Crippen molar-refractivity contribution in [2.75, 3.05) is 18.5 Å². The van der Waals surface area contributed by atoms with E-state index in [-0.39, 0.29) is 31.3 Å². The second-order valence-corrected chi connectivity index (χ2v) is 7.32. The smallest absolute Gasteiger partial charge is 0.240 e. The molecule has 0 radical (unpaired) electrons. The first-order chi connectivity index (χ1) is 15.3. The zero-order valence-electron chi connectivity index (χ0n) is 18.3. The summed E-state index contributed by atoms with van der Waals surface area (Å²) in [5.41, 5.74) is 5.74. The van der Waals surface area contributed by atoms with Crippen LogP contribution in [0.5, 0.6) is 11.5 Å². The van der Waals surface area contributed by atoms with Crippen molar-refractivity contribution in [2.45, 2.75) is 33.6 Å². The number of halogens is 1. The van der Waals surface area contributed by atoms with Gasteiger partial charge in [0, 0.05) is 18.5 Å². The highest BCUT2D eigenvalue weighted by atomic mass is 35.5. The van der Waals surface area contributed by atoms with Crippen molar-refractivity contribution >= 4 is 35.3 Å². The molecule has 0 atom stereocenters. The number of nitrogens with one attached hydrogen (secondary N) is 2. The van der Waals surface area contributed by atoms with Crippen LogP contribution in [0.15, 0.2) is 35.4 Å². The molecule has 0 aliphatic heterocycles. The van der Waals surface area contributed by atoms with Gasteiger partial charge in [-0.3, -0.25) is 9.59 Å². The normalized spacial score (nSPS) is 10.5. The van der Waals surface area contributed by atoms with Crippen LogP contribution in [0.1, 0.15) is 36.5 Å². The zero-order valence-corrected chi connectivity index (χ0v) is 19.1. The van der Waals surface area contributed by atoms with Crippen LogP contribution in [0.2, 0.25) is 5.02 Å². The van der Waals surface area contributed by atoms with Crippen molar-refractivity contribution in [1.82, 2.24) is 5.43 Å². The van der Waals surface area contributed by atoms with Crippen molar-refractivity contribution in [3.05, 3.63) is 52.0 Å². The molecule has 2 rings (SSSR count). The quantitative estimate of drug-likeness (QED) is 0.318. The third kappa shape index (κ3) is 7.64. The molecule has 0 spiro atoms. The first-order valence-corrected chi connectivity index (χ1v) is 10.4. The molecule has 0 saturated heterocycles. The second-order valence-electron chi connectivity index (χ2n) is 6.92. The van der Waals surface area contributed by atoms with Crippen LogP contribution in [0, 0.1) is 26.2 Å². The fourth-order valence-electron chi connectivity index (χ4n) is 2.72. The number of nitrogens with zero attached hydrogens (tertiary/aromatic N) is 1. The summed E-state index contributed by atoms with van der Waals surface area (Å²) in [7, 11) is 0. The van der Waals surface area contributed by atoms with Crippen LogP contribution in [-0.4, -0.2) is 31.2 Å². The van der Waals surface area contributed by atoms with E-state index in [0.717, 1.165) is 16.8 Å². The zero-order chi connectivity index (χ0) is 23.5. The van der Waals surface area contributed by atoms with E-state index < -0.39 is 0 Å². The predicted molar refractivity (Wildman–Crippen MR) is 126 cm³/mol. The summed E-state index contributed by atoms with van der Waals surface area (Å²) in [6, 6.07) is 9.09. The Hall–Kier alpha value is -3.50. The van der Waals surface area contributed by atoms with E-state index in [0.29, 0.717) is 28.7 Å². The van der Waals surface area contributed by atoms with Crippen LogP contribution >= 0.6 is 11.6 Å². The van der Waals surface area contributed by atoms with Gasteiger partial charge in [-0.1, -0.05) is 29.7 Å². The number of carbonyl (C=O) groups excluding carboxylic acids is 2. The highest BCUT2D eigenvalue weighted by Gasteiger charge is 2.12. The molecule has 0 heterocycles. The van der Waals surface area contributed by atoms with Gasteiger partial charge < -0.3 is 14.8 Å². The van der Waals surface area contributed by atoms with E-state index in [1.54, 1.807) is 12.1 Å². The summed E-state index contributed by atoms with van der Waals surface area (Å²) < 4.78 is 11.0. The predicted octanol–water partition coefficient (Wildman–Crippen LogP) is 4.24. The Bertz CT molecular complexity index is 1040. The van der Waals surface area contributed by atoms with Crippen molar-refractivity contribution < 1.29 is 19.1 Å². The Balaban J connectivity index is 1.90. The summed E-state index contributed by atoms with van der Waals surface area (Å²) in [4.78, 5) is 24.2. The van der Waals surface area contributed by atoms with Gasteiger partial charge in [-0.2, -0.15) is 5.10 Å². The molecular weight excluding hydrogens is 430 g/mol. The molecule has 0 unspecified atom stereocenters. The Morgan fingerprint density at radius 1 is 1.16 bits per heavy atom. The minimum absolute atomic E-state index is 0.00213. The average molecular weight is 456 g/mol. The summed E-state index contributed by atoms with van der Waals surface area (Å²) in [6.07, 6.45) is 6.68. The number of hydrogen-bond acceptors (Lipinski definition) is 5. The Kier molecular flexibility index (Phi) is 9.58. The molecule has 0 saturated carbocycles. The van der Waals surface area contributed by atoms with Gasteiger partial charge in [0.05, 0.1) is 17.8 Å². The van der Waals surface area contributed by atoms with Crippen LogP contribution in [0.3, 0.4) is 0 Å². The molecule has 2 amide bonds. The number of amides is 2. The molecule has 0 fully saturated rings. The van der Waals surface area contributed by atoms with Gasteiger partial charge >= 0.3 is 0 Å². The lowest BCUT2D eigenvalue weighted by atomic mass is 10.1. The monoisotopic (exact) mass is 455 g/mol.